The Bertz CT molecular complexity index is 508. The molecule has 3 atom stereocenters. The number of amides is 1. The second kappa shape index (κ2) is 7.82. The Morgan fingerprint density at radius 2 is 1.96 bits per heavy atom. The third kappa shape index (κ3) is 4.47. The molecule has 4 nitrogen and oxygen atoms in total. The first-order valence-electron chi connectivity index (χ1n) is 8.88. The molecule has 1 amide bonds. The smallest absolute Gasteiger partial charge is 0.251 e. The van der Waals surface area contributed by atoms with Gasteiger partial charge in [0, 0.05) is 18.2 Å². The predicted octanol–water partition coefficient (Wildman–Crippen LogP) is 3.55. The molecule has 0 spiro atoms. The van der Waals surface area contributed by atoms with Gasteiger partial charge in [-0.2, -0.15) is 0 Å². The molecule has 1 saturated carbocycles. The SMILES string of the molecule is C[C@@H]1CCCC[C@@H]1NC(=O)c1ccc(OC[C@@H]2CCCO2)cc1. The zero-order valence-corrected chi connectivity index (χ0v) is 13.9. The van der Waals surface area contributed by atoms with Crippen LogP contribution in [-0.4, -0.2) is 31.3 Å². The second-order valence-electron chi connectivity index (χ2n) is 6.81. The van der Waals surface area contributed by atoms with Gasteiger partial charge in [0.1, 0.15) is 12.4 Å². The molecule has 4 heteroatoms. The Kier molecular flexibility index (Phi) is 5.55. The summed E-state index contributed by atoms with van der Waals surface area (Å²) in [5.74, 6) is 1.39. The number of hydrogen-bond donors (Lipinski definition) is 1. The summed E-state index contributed by atoms with van der Waals surface area (Å²) < 4.78 is 11.3. The van der Waals surface area contributed by atoms with Crippen LogP contribution in [-0.2, 0) is 4.74 Å². The Labute approximate surface area is 138 Å². The third-order valence-electron chi connectivity index (χ3n) is 5.00. The minimum absolute atomic E-state index is 0.0226. The van der Waals surface area contributed by atoms with Gasteiger partial charge in [0.2, 0.25) is 0 Å². The number of benzene rings is 1. The van der Waals surface area contributed by atoms with Crippen molar-refractivity contribution in [1.82, 2.24) is 5.32 Å². The summed E-state index contributed by atoms with van der Waals surface area (Å²) in [6, 6.07) is 7.73. The zero-order chi connectivity index (χ0) is 16.1. The van der Waals surface area contributed by atoms with Gasteiger partial charge in [-0.05, 0) is 55.9 Å². The van der Waals surface area contributed by atoms with Crippen molar-refractivity contribution in [2.45, 2.75) is 57.6 Å². The Balaban J connectivity index is 1.50. The molecule has 0 bridgehead atoms. The van der Waals surface area contributed by atoms with Gasteiger partial charge in [-0.3, -0.25) is 4.79 Å². The summed E-state index contributed by atoms with van der Waals surface area (Å²) in [5, 5.41) is 3.18. The van der Waals surface area contributed by atoms with Crippen LogP contribution in [0, 0.1) is 5.92 Å². The van der Waals surface area contributed by atoms with Crippen LogP contribution in [0.3, 0.4) is 0 Å². The molecule has 1 aliphatic carbocycles. The lowest BCUT2D eigenvalue weighted by Crippen LogP contribution is -2.41. The fraction of sp³-hybridized carbons (Fsp3) is 0.632. The number of carbonyl (C=O) groups is 1. The molecule has 0 radical (unpaired) electrons. The minimum Gasteiger partial charge on any atom is -0.491 e. The van der Waals surface area contributed by atoms with Crippen molar-refractivity contribution in [3.05, 3.63) is 29.8 Å². The highest BCUT2D eigenvalue weighted by Crippen LogP contribution is 2.24. The van der Waals surface area contributed by atoms with Crippen molar-refractivity contribution in [3.63, 3.8) is 0 Å². The van der Waals surface area contributed by atoms with E-state index in [0.29, 0.717) is 24.1 Å². The molecule has 2 aliphatic rings. The first-order valence-corrected chi connectivity index (χ1v) is 8.88. The highest BCUT2D eigenvalue weighted by Gasteiger charge is 2.23. The van der Waals surface area contributed by atoms with Crippen LogP contribution in [0.2, 0.25) is 0 Å². The number of ether oxygens (including phenoxy) is 2. The summed E-state index contributed by atoms with van der Waals surface area (Å²) in [6.45, 7) is 3.66. The lowest BCUT2D eigenvalue weighted by atomic mass is 9.86. The Morgan fingerprint density at radius 1 is 1.17 bits per heavy atom. The van der Waals surface area contributed by atoms with Gasteiger partial charge in [0.15, 0.2) is 0 Å². The van der Waals surface area contributed by atoms with Gasteiger partial charge in [-0.15, -0.1) is 0 Å². The van der Waals surface area contributed by atoms with E-state index in [-0.39, 0.29) is 12.0 Å². The van der Waals surface area contributed by atoms with E-state index in [4.69, 9.17) is 9.47 Å². The minimum atomic E-state index is 0.0226. The van der Waals surface area contributed by atoms with Gasteiger partial charge in [0.05, 0.1) is 6.10 Å². The molecule has 1 heterocycles. The number of rotatable bonds is 5. The van der Waals surface area contributed by atoms with Crippen LogP contribution in [0.5, 0.6) is 5.75 Å². The quantitative estimate of drug-likeness (QED) is 0.903. The number of hydrogen-bond acceptors (Lipinski definition) is 3. The molecular formula is C19H27NO3. The molecule has 1 aromatic carbocycles. The predicted molar refractivity (Wildman–Crippen MR) is 89.8 cm³/mol. The molecule has 23 heavy (non-hydrogen) atoms. The maximum absolute atomic E-state index is 12.4. The molecule has 1 N–H and O–H groups in total. The van der Waals surface area contributed by atoms with E-state index in [1.807, 2.05) is 24.3 Å². The van der Waals surface area contributed by atoms with Crippen LogP contribution >= 0.6 is 0 Å². The monoisotopic (exact) mass is 317 g/mol. The van der Waals surface area contributed by atoms with Crippen molar-refractivity contribution in [1.29, 1.82) is 0 Å². The van der Waals surface area contributed by atoms with E-state index in [9.17, 15) is 4.79 Å². The first-order chi connectivity index (χ1) is 11.2. The molecule has 0 unspecified atom stereocenters. The van der Waals surface area contributed by atoms with Crippen molar-refractivity contribution in [3.8, 4) is 5.75 Å². The summed E-state index contributed by atoms with van der Waals surface area (Å²) in [5.41, 5.74) is 0.701. The standard InChI is InChI=1S/C19H27NO3/c1-14-5-2-3-7-18(14)20-19(21)15-8-10-16(11-9-15)23-13-17-6-4-12-22-17/h8-11,14,17-18H,2-7,12-13H2,1H3,(H,20,21)/t14-,17+,18+/m1/s1. The number of carbonyl (C=O) groups excluding carboxylic acids is 1. The highest BCUT2D eigenvalue weighted by atomic mass is 16.5. The normalized spacial score (nSPS) is 27.6. The molecular weight excluding hydrogens is 290 g/mol. The van der Waals surface area contributed by atoms with Crippen molar-refractivity contribution in [2.24, 2.45) is 5.92 Å². The second-order valence-corrected chi connectivity index (χ2v) is 6.81. The lowest BCUT2D eigenvalue weighted by molar-refractivity contribution is 0.0679. The fourth-order valence-corrected chi connectivity index (χ4v) is 3.45. The molecule has 0 aromatic heterocycles. The largest absolute Gasteiger partial charge is 0.491 e. The average molecular weight is 317 g/mol. The molecule has 3 rings (SSSR count). The summed E-state index contributed by atoms with van der Waals surface area (Å²) in [7, 11) is 0. The van der Waals surface area contributed by atoms with E-state index >= 15 is 0 Å². The van der Waals surface area contributed by atoms with Crippen LogP contribution in [0.4, 0.5) is 0 Å². The maximum Gasteiger partial charge on any atom is 0.251 e. The van der Waals surface area contributed by atoms with E-state index in [2.05, 4.69) is 12.2 Å². The lowest BCUT2D eigenvalue weighted by Gasteiger charge is -2.29. The molecule has 126 valence electrons. The Morgan fingerprint density at radius 3 is 2.65 bits per heavy atom. The van der Waals surface area contributed by atoms with Crippen molar-refractivity contribution >= 4 is 5.91 Å². The first kappa shape index (κ1) is 16.3. The highest BCUT2D eigenvalue weighted by molar-refractivity contribution is 5.94. The number of nitrogens with one attached hydrogen (secondary N) is 1. The van der Waals surface area contributed by atoms with Crippen LogP contribution in [0.15, 0.2) is 24.3 Å². The van der Waals surface area contributed by atoms with Crippen LogP contribution < -0.4 is 10.1 Å². The topological polar surface area (TPSA) is 47.6 Å². The van der Waals surface area contributed by atoms with E-state index < -0.39 is 0 Å². The van der Waals surface area contributed by atoms with Gasteiger partial charge in [-0.25, -0.2) is 0 Å². The zero-order valence-electron chi connectivity index (χ0n) is 13.9. The van der Waals surface area contributed by atoms with Gasteiger partial charge in [0.25, 0.3) is 5.91 Å². The molecule has 1 aromatic rings. The van der Waals surface area contributed by atoms with Crippen LogP contribution in [0.25, 0.3) is 0 Å². The van der Waals surface area contributed by atoms with Crippen molar-refractivity contribution in [2.75, 3.05) is 13.2 Å². The summed E-state index contributed by atoms with van der Waals surface area (Å²) >= 11 is 0. The molecule has 2 fully saturated rings. The van der Waals surface area contributed by atoms with E-state index in [0.717, 1.165) is 31.6 Å². The maximum atomic E-state index is 12.4. The Hall–Kier alpha value is -1.55. The third-order valence-corrected chi connectivity index (χ3v) is 5.00. The van der Waals surface area contributed by atoms with Gasteiger partial charge in [-0.1, -0.05) is 19.8 Å². The van der Waals surface area contributed by atoms with Crippen molar-refractivity contribution < 1.29 is 14.3 Å². The molecule has 1 saturated heterocycles. The fourth-order valence-electron chi connectivity index (χ4n) is 3.45. The molecule has 1 aliphatic heterocycles. The summed E-state index contributed by atoms with van der Waals surface area (Å²) in [6.07, 6.45) is 7.20. The van der Waals surface area contributed by atoms with Crippen LogP contribution in [0.1, 0.15) is 55.8 Å². The summed E-state index contributed by atoms with van der Waals surface area (Å²) in [4.78, 5) is 12.4. The van der Waals surface area contributed by atoms with E-state index in [1.54, 1.807) is 0 Å². The van der Waals surface area contributed by atoms with Gasteiger partial charge >= 0.3 is 0 Å². The van der Waals surface area contributed by atoms with Gasteiger partial charge < -0.3 is 14.8 Å². The van der Waals surface area contributed by atoms with E-state index in [1.165, 1.54) is 19.3 Å². The average Bonchev–Trinajstić information content (AvgIpc) is 3.09.